The standard InChI is InChI=1S/C12H25NO2/c1-11(2,3)15-13-9-12(10-14)7-5-4-6-8-12/h13-14H,4-10H2,1-3H3. The molecule has 0 aliphatic heterocycles. The molecule has 1 rings (SSSR count). The molecule has 0 aromatic rings. The van der Waals surface area contributed by atoms with Crippen molar-refractivity contribution in [3.8, 4) is 0 Å². The van der Waals surface area contributed by atoms with Gasteiger partial charge in [-0.2, -0.15) is 0 Å². The van der Waals surface area contributed by atoms with Gasteiger partial charge in [0, 0.05) is 18.6 Å². The van der Waals surface area contributed by atoms with Gasteiger partial charge in [-0.15, -0.1) is 0 Å². The molecule has 2 N–H and O–H groups in total. The summed E-state index contributed by atoms with van der Waals surface area (Å²) in [6.45, 7) is 7.10. The fourth-order valence-electron chi connectivity index (χ4n) is 2.10. The minimum Gasteiger partial charge on any atom is -0.396 e. The number of hydrogen-bond donors (Lipinski definition) is 2. The average Bonchev–Trinajstić information content (AvgIpc) is 2.17. The van der Waals surface area contributed by atoms with E-state index >= 15 is 0 Å². The Hall–Kier alpha value is -0.120. The molecule has 1 aliphatic rings. The highest BCUT2D eigenvalue weighted by Gasteiger charge is 2.31. The van der Waals surface area contributed by atoms with Gasteiger partial charge in [0.05, 0.1) is 5.60 Å². The first kappa shape index (κ1) is 12.9. The summed E-state index contributed by atoms with van der Waals surface area (Å²) in [7, 11) is 0. The molecule has 0 aromatic heterocycles. The Bertz CT molecular complexity index is 181. The van der Waals surface area contributed by atoms with Crippen LogP contribution in [0.25, 0.3) is 0 Å². The quantitative estimate of drug-likeness (QED) is 0.707. The van der Waals surface area contributed by atoms with Crippen LogP contribution in [0.5, 0.6) is 0 Å². The van der Waals surface area contributed by atoms with Crippen LogP contribution >= 0.6 is 0 Å². The zero-order valence-corrected chi connectivity index (χ0v) is 10.3. The normalized spacial score (nSPS) is 21.6. The van der Waals surface area contributed by atoms with Gasteiger partial charge in [-0.05, 0) is 33.6 Å². The lowest BCUT2D eigenvalue weighted by Gasteiger charge is -2.36. The predicted octanol–water partition coefficient (Wildman–Crippen LogP) is 2.25. The fourth-order valence-corrected chi connectivity index (χ4v) is 2.10. The van der Waals surface area contributed by atoms with Crippen molar-refractivity contribution in [2.24, 2.45) is 5.41 Å². The first-order chi connectivity index (χ1) is 6.97. The Kier molecular flexibility index (Phi) is 4.56. The van der Waals surface area contributed by atoms with Gasteiger partial charge >= 0.3 is 0 Å². The van der Waals surface area contributed by atoms with E-state index in [-0.39, 0.29) is 17.6 Å². The second-order valence-corrected chi connectivity index (χ2v) is 5.75. The molecule has 0 bridgehead atoms. The average molecular weight is 215 g/mol. The van der Waals surface area contributed by atoms with Crippen LogP contribution in [0.15, 0.2) is 0 Å². The number of hydroxylamine groups is 1. The molecular weight excluding hydrogens is 190 g/mol. The number of rotatable bonds is 4. The van der Waals surface area contributed by atoms with Crippen LogP contribution in [0.3, 0.4) is 0 Å². The van der Waals surface area contributed by atoms with Gasteiger partial charge < -0.3 is 5.11 Å². The molecule has 0 unspecified atom stereocenters. The van der Waals surface area contributed by atoms with Gasteiger partial charge in [-0.3, -0.25) is 4.84 Å². The highest BCUT2D eigenvalue weighted by atomic mass is 16.7. The summed E-state index contributed by atoms with van der Waals surface area (Å²) in [6, 6.07) is 0. The third kappa shape index (κ3) is 4.49. The molecule has 0 saturated heterocycles. The summed E-state index contributed by atoms with van der Waals surface area (Å²) in [5.41, 5.74) is 2.92. The molecule has 1 fully saturated rings. The van der Waals surface area contributed by atoms with E-state index in [0.717, 1.165) is 19.4 Å². The molecule has 0 atom stereocenters. The Morgan fingerprint density at radius 3 is 2.27 bits per heavy atom. The van der Waals surface area contributed by atoms with E-state index in [4.69, 9.17) is 4.84 Å². The molecule has 0 radical (unpaired) electrons. The predicted molar refractivity (Wildman–Crippen MR) is 61.4 cm³/mol. The van der Waals surface area contributed by atoms with Gasteiger partial charge in [-0.1, -0.05) is 19.3 Å². The van der Waals surface area contributed by atoms with Crippen molar-refractivity contribution in [2.75, 3.05) is 13.2 Å². The lowest BCUT2D eigenvalue weighted by molar-refractivity contribution is -0.0934. The molecule has 0 heterocycles. The van der Waals surface area contributed by atoms with Crippen LogP contribution in [-0.2, 0) is 4.84 Å². The zero-order valence-electron chi connectivity index (χ0n) is 10.3. The Morgan fingerprint density at radius 1 is 1.20 bits per heavy atom. The van der Waals surface area contributed by atoms with Crippen LogP contribution in [0.4, 0.5) is 0 Å². The maximum absolute atomic E-state index is 9.48. The molecule has 3 heteroatoms. The summed E-state index contributed by atoms with van der Waals surface area (Å²) in [5.74, 6) is 0. The minimum atomic E-state index is -0.161. The number of aliphatic hydroxyl groups is 1. The van der Waals surface area contributed by atoms with Crippen LogP contribution in [0.1, 0.15) is 52.9 Å². The summed E-state index contributed by atoms with van der Waals surface area (Å²) < 4.78 is 0. The summed E-state index contributed by atoms with van der Waals surface area (Å²) >= 11 is 0. The maximum Gasteiger partial charge on any atom is 0.0812 e. The van der Waals surface area contributed by atoms with E-state index in [2.05, 4.69) is 5.48 Å². The van der Waals surface area contributed by atoms with Crippen molar-refractivity contribution in [1.29, 1.82) is 0 Å². The summed E-state index contributed by atoms with van der Waals surface area (Å²) in [6.07, 6.45) is 6.01. The molecular formula is C12H25NO2. The van der Waals surface area contributed by atoms with Crippen molar-refractivity contribution in [3.63, 3.8) is 0 Å². The van der Waals surface area contributed by atoms with Crippen LogP contribution < -0.4 is 5.48 Å². The van der Waals surface area contributed by atoms with Crippen molar-refractivity contribution in [2.45, 2.75) is 58.5 Å². The molecule has 0 amide bonds. The Labute approximate surface area is 93.2 Å². The Balaban J connectivity index is 2.33. The fraction of sp³-hybridized carbons (Fsp3) is 1.00. The summed E-state index contributed by atoms with van der Waals surface area (Å²) in [5, 5.41) is 9.48. The van der Waals surface area contributed by atoms with E-state index in [1.165, 1.54) is 19.3 Å². The largest absolute Gasteiger partial charge is 0.396 e. The smallest absolute Gasteiger partial charge is 0.0812 e. The number of hydrogen-bond acceptors (Lipinski definition) is 3. The monoisotopic (exact) mass is 215 g/mol. The highest BCUT2D eigenvalue weighted by molar-refractivity contribution is 4.83. The van der Waals surface area contributed by atoms with Crippen molar-refractivity contribution in [1.82, 2.24) is 5.48 Å². The molecule has 1 aliphatic carbocycles. The van der Waals surface area contributed by atoms with Crippen LogP contribution in [-0.4, -0.2) is 23.9 Å². The van der Waals surface area contributed by atoms with E-state index in [0.29, 0.717) is 0 Å². The minimum absolute atomic E-state index is 0.0590. The second-order valence-electron chi connectivity index (χ2n) is 5.75. The SMILES string of the molecule is CC(C)(C)ONCC1(CO)CCCCC1. The first-order valence-corrected chi connectivity index (χ1v) is 5.99. The second kappa shape index (κ2) is 5.28. The molecule has 0 spiro atoms. The van der Waals surface area contributed by atoms with Gasteiger partial charge in [0.25, 0.3) is 0 Å². The number of nitrogens with one attached hydrogen (secondary N) is 1. The highest BCUT2D eigenvalue weighted by Crippen LogP contribution is 2.35. The van der Waals surface area contributed by atoms with Crippen LogP contribution in [0.2, 0.25) is 0 Å². The third-order valence-corrected chi connectivity index (χ3v) is 3.08. The van der Waals surface area contributed by atoms with E-state index < -0.39 is 0 Å². The van der Waals surface area contributed by atoms with Gasteiger partial charge in [0.15, 0.2) is 0 Å². The van der Waals surface area contributed by atoms with Crippen molar-refractivity contribution < 1.29 is 9.94 Å². The molecule has 15 heavy (non-hydrogen) atoms. The topological polar surface area (TPSA) is 41.5 Å². The van der Waals surface area contributed by atoms with Crippen molar-refractivity contribution >= 4 is 0 Å². The van der Waals surface area contributed by atoms with Gasteiger partial charge in [-0.25, -0.2) is 5.48 Å². The van der Waals surface area contributed by atoms with Crippen LogP contribution in [0, 0.1) is 5.41 Å². The van der Waals surface area contributed by atoms with E-state index in [1.807, 2.05) is 20.8 Å². The van der Waals surface area contributed by atoms with Gasteiger partial charge in [0.2, 0.25) is 0 Å². The first-order valence-electron chi connectivity index (χ1n) is 5.99. The Morgan fingerprint density at radius 2 is 1.80 bits per heavy atom. The maximum atomic E-state index is 9.48. The van der Waals surface area contributed by atoms with Gasteiger partial charge in [0.1, 0.15) is 0 Å². The third-order valence-electron chi connectivity index (χ3n) is 3.08. The van der Waals surface area contributed by atoms with E-state index in [1.54, 1.807) is 0 Å². The van der Waals surface area contributed by atoms with Crippen molar-refractivity contribution in [3.05, 3.63) is 0 Å². The lowest BCUT2D eigenvalue weighted by Crippen LogP contribution is -2.41. The zero-order chi connectivity index (χ0) is 11.4. The molecule has 1 saturated carbocycles. The van der Waals surface area contributed by atoms with E-state index in [9.17, 15) is 5.11 Å². The molecule has 0 aromatic carbocycles. The number of aliphatic hydroxyl groups excluding tert-OH is 1. The molecule has 90 valence electrons. The summed E-state index contributed by atoms with van der Waals surface area (Å²) in [4.78, 5) is 5.50. The lowest BCUT2D eigenvalue weighted by atomic mass is 9.75. The molecule has 3 nitrogen and oxygen atoms in total.